The zero-order chi connectivity index (χ0) is 15.5. The molecule has 1 saturated carbocycles. The molecular formula is C17H28O3Si. The molecule has 2 fully saturated rings. The minimum atomic E-state index is -1.91. The van der Waals surface area contributed by atoms with E-state index in [9.17, 15) is 4.79 Å². The zero-order valence-corrected chi connectivity index (χ0v) is 14.9. The van der Waals surface area contributed by atoms with E-state index in [-0.39, 0.29) is 22.7 Å². The fourth-order valence-electron chi connectivity index (χ4n) is 5.20. The predicted octanol–water partition coefficient (Wildman–Crippen LogP) is 3.76. The van der Waals surface area contributed by atoms with Gasteiger partial charge in [-0.1, -0.05) is 26.0 Å². The number of rotatable bonds is 2. The summed E-state index contributed by atoms with van der Waals surface area (Å²) in [6.07, 6.45) is 7.06. The third kappa shape index (κ3) is 1.98. The zero-order valence-electron chi connectivity index (χ0n) is 13.9. The Morgan fingerprint density at radius 1 is 1.38 bits per heavy atom. The lowest BCUT2D eigenvalue weighted by molar-refractivity contribution is -0.159. The van der Waals surface area contributed by atoms with Gasteiger partial charge in [0.15, 0.2) is 8.32 Å². The maximum atomic E-state index is 12.7. The third-order valence-corrected chi connectivity index (χ3v) is 9.69. The van der Waals surface area contributed by atoms with Crippen LogP contribution in [0.25, 0.3) is 0 Å². The minimum Gasteiger partial charge on any atom is -0.466 e. The predicted molar refractivity (Wildman–Crippen MR) is 85.4 cm³/mol. The number of carbonyl (C=O) groups is 1. The van der Waals surface area contributed by atoms with Crippen molar-refractivity contribution < 1.29 is 14.0 Å². The van der Waals surface area contributed by atoms with Crippen molar-refractivity contribution in [1.29, 1.82) is 0 Å². The second-order valence-electron chi connectivity index (χ2n) is 7.97. The van der Waals surface area contributed by atoms with Crippen LogP contribution in [0.2, 0.25) is 18.6 Å². The molecule has 0 aromatic heterocycles. The molecule has 118 valence electrons. The van der Waals surface area contributed by atoms with Gasteiger partial charge in [-0.05, 0) is 49.6 Å². The molecule has 1 heterocycles. The Hall–Kier alpha value is -0.613. The van der Waals surface area contributed by atoms with Crippen LogP contribution in [0.3, 0.4) is 0 Å². The molecule has 0 radical (unpaired) electrons. The largest absolute Gasteiger partial charge is 0.466 e. The van der Waals surface area contributed by atoms with E-state index in [2.05, 4.69) is 39.1 Å². The Bertz CT molecular complexity index is 486. The Morgan fingerprint density at radius 2 is 2.10 bits per heavy atom. The smallest absolute Gasteiger partial charge is 0.309 e. The molecule has 0 amide bonds. The van der Waals surface area contributed by atoms with Gasteiger partial charge in [0.25, 0.3) is 0 Å². The average molecular weight is 308 g/mol. The van der Waals surface area contributed by atoms with E-state index in [0.717, 1.165) is 13.0 Å². The van der Waals surface area contributed by atoms with E-state index in [1.807, 2.05) is 6.92 Å². The average Bonchev–Trinajstić information content (AvgIpc) is 2.43. The fraction of sp³-hybridized carbons (Fsp3) is 0.824. The van der Waals surface area contributed by atoms with Crippen molar-refractivity contribution in [2.75, 3.05) is 13.2 Å². The first-order valence-corrected chi connectivity index (χ1v) is 11.3. The highest BCUT2D eigenvalue weighted by Gasteiger charge is 2.66. The summed E-state index contributed by atoms with van der Waals surface area (Å²) in [7, 11) is -1.91. The Morgan fingerprint density at radius 3 is 2.67 bits per heavy atom. The first-order chi connectivity index (χ1) is 9.77. The lowest BCUT2D eigenvalue weighted by Crippen LogP contribution is -2.64. The van der Waals surface area contributed by atoms with Crippen LogP contribution in [0.4, 0.5) is 0 Å². The van der Waals surface area contributed by atoms with Gasteiger partial charge in [-0.15, -0.1) is 0 Å². The molecule has 3 nitrogen and oxygen atoms in total. The van der Waals surface area contributed by atoms with E-state index in [4.69, 9.17) is 9.16 Å². The first-order valence-electron chi connectivity index (χ1n) is 8.28. The van der Waals surface area contributed by atoms with Crippen LogP contribution in [0.5, 0.6) is 0 Å². The summed E-state index contributed by atoms with van der Waals surface area (Å²) in [5.41, 5.74) is 0.448. The van der Waals surface area contributed by atoms with Gasteiger partial charge in [0.1, 0.15) is 0 Å². The summed E-state index contributed by atoms with van der Waals surface area (Å²) in [5.74, 6) is 0.457. The van der Waals surface area contributed by atoms with Gasteiger partial charge >= 0.3 is 5.97 Å². The maximum Gasteiger partial charge on any atom is 0.309 e. The van der Waals surface area contributed by atoms with Gasteiger partial charge in [-0.2, -0.15) is 0 Å². The van der Waals surface area contributed by atoms with Crippen LogP contribution in [0, 0.1) is 22.7 Å². The molecule has 1 aliphatic heterocycles. The summed E-state index contributed by atoms with van der Waals surface area (Å²) in [6.45, 7) is 12.3. The van der Waals surface area contributed by atoms with Crippen molar-refractivity contribution in [3.05, 3.63) is 12.2 Å². The molecule has 0 aromatic rings. The number of allylic oxidation sites excluding steroid dienone is 2. The van der Waals surface area contributed by atoms with E-state index < -0.39 is 8.32 Å². The third-order valence-electron chi connectivity index (χ3n) is 6.41. The maximum absolute atomic E-state index is 12.7. The van der Waals surface area contributed by atoms with Gasteiger partial charge in [0.05, 0.1) is 12.5 Å². The van der Waals surface area contributed by atoms with Gasteiger partial charge in [-0.3, -0.25) is 4.79 Å². The molecule has 4 rings (SSSR count). The molecule has 0 N–H and O–H groups in total. The van der Waals surface area contributed by atoms with Crippen molar-refractivity contribution in [3.63, 3.8) is 0 Å². The number of esters is 1. The SMILES string of the molecule is CCOC(=O)[C@@H]1[C@@H]2[C@@]3(C=C[C@@]1(C)CC3)[C@H](C)CO[Si]2(C)C. The molecule has 4 heteroatoms. The van der Waals surface area contributed by atoms with Crippen LogP contribution in [0.1, 0.15) is 33.6 Å². The summed E-state index contributed by atoms with van der Waals surface area (Å²) >= 11 is 0. The topological polar surface area (TPSA) is 35.5 Å². The van der Waals surface area contributed by atoms with E-state index in [1.54, 1.807) is 0 Å². The van der Waals surface area contributed by atoms with Gasteiger partial charge in [0.2, 0.25) is 0 Å². The van der Waals surface area contributed by atoms with Gasteiger partial charge in [0, 0.05) is 12.1 Å². The second-order valence-corrected chi connectivity index (χ2v) is 12.1. The Kier molecular flexibility index (Phi) is 3.41. The van der Waals surface area contributed by atoms with Gasteiger partial charge < -0.3 is 9.16 Å². The van der Waals surface area contributed by atoms with Crippen molar-refractivity contribution in [1.82, 2.24) is 0 Å². The summed E-state index contributed by atoms with van der Waals surface area (Å²) < 4.78 is 11.8. The number of carbonyl (C=O) groups excluding carboxylic acids is 1. The lowest BCUT2D eigenvalue weighted by atomic mass is 9.50. The van der Waals surface area contributed by atoms with Crippen LogP contribution < -0.4 is 0 Å². The van der Waals surface area contributed by atoms with Crippen LogP contribution in [0.15, 0.2) is 12.2 Å². The fourth-order valence-corrected chi connectivity index (χ4v) is 9.19. The molecule has 1 saturated heterocycles. The van der Waals surface area contributed by atoms with Crippen LogP contribution >= 0.6 is 0 Å². The molecule has 0 unspecified atom stereocenters. The lowest BCUT2D eigenvalue weighted by Gasteiger charge is -2.64. The molecule has 3 aliphatic carbocycles. The number of ether oxygens (including phenoxy) is 1. The summed E-state index contributed by atoms with van der Waals surface area (Å²) in [6, 6.07) is 0. The van der Waals surface area contributed by atoms with Gasteiger partial charge in [-0.25, -0.2) is 0 Å². The van der Waals surface area contributed by atoms with E-state index >= 15 is 0 Å². The molecule has 0 aromatic carbocycles. The summed E-state index contributed by atoms with van der Waals surface area (Å²) in [4.78, 5) is 12.7. The second kappa shape index (κ2) is 4.69. The molecule has 5 atom stereocenters. The summed E-state index contributed by atoms with van der Waals surface area (Å²) in [5, 5.41) is 0. The monoisotopic (exact) mass is 308 g/mol. The first kappa shape index (κ1) is 15.3. The highest BCUT2D eigenvalue weighted by molar-refractivity contribution is 6.73. The molecule has 4 aliphatic rings. The van der Waals surface area contributed by atoms with Crippen molar-refractivity contribution in [3.8, 4) is 0 Å². The molecular weight excluding hydrogens is 280 g/mol. The number of fused-ring (bicyclic) bond motifs is 1. The van der Waals surface area contributed by atoms with Crippen molar-refractivity contribution >= 4 is 14.3 Å². The minimum absolute atomic E-state index is 0.00306. The molecule has 1 spiro atoms. The molecule has 2 bridgehead atoms. The van der Waals surface area contributed by atoms with Crippen molar-refractivity contribution in [2.24, 2.45) is 22.7 Å². The Balaban J connectivity index is 2.11. The number of hydrogen-bond donors (Lipinski definition) is 0. The standard InChI is InChI=1S/C17H28O3Si/c1-6-19-15(18)13-14-17(9-7-16(13,3)8-10-17)12(2)11-20-21(14,4)5/h7,9,12-14H,6,8,10-11H2,1-5H3/t12-,13+,14-,16+,17-/m1/s1. The molecule has 21 heavy (non-hydrogen) atoms. The van der Waals surface area contributed by atoms with Crippen molar-refractivity contribution in [2.45, 2.75) is 52.2 Å². The Labute approximate surface area is 129 Å². The number of hydrogen-bond acceptors (Lipinski definition) is 3. The van der Waals surface area contributed by atoms with E-state index in [1.165, 1.54) is 6.42 Å². The quantitative estimate of drug-likeness (QED) is 0.442. The normalized spacial score (nSPS) is 47.0. The van der Waals surface area contributed by atoms with Crippen LogP contribution in [-0.2, 0) is 14.0 Å². The highest BCUT2D eigenvalue weighted by Crippen LogP contribution is 2.68. The van der Waals surface area contributed by atoms with E-state index in [0.29, 0.717) is 18.1 Å². The van der Waals surface area contributed by atoms with Crippen LogP contribution in [-0.4, -0.2) is 27.5 Å². The highest BCUT2D eigenvalue weighted by atomic mass is 28.4.